The summed E-state index contributed by atoms with van der Waals surface area (Å²) in [5.41, 5.74) is 6.87. The molecule has 7 heteroatoms. The number of thioether (sulfide) groups is 1. The number of carbonyl (C=O) groups excluding carboxylic acids is 2. The van der Waals surface area contributed by atoms with Crippen molar-refractivity contribution in [2.24, 2.45) is 0 Å². The lowest BCUT2D eigenvalue weighted by Gasteiger charge is -2.13. The fourth-order valence-electron chi connectivity index (χ4n) is 1.90. The third kappa shape index (κ3) is 6.80. The maximum absolute atomic E-state index is 12.1. The van der Waals surface area contributed by atoms with Crippen LogP contribution in [0.1, 0.15) is 12.5 Å². The van der Waals surface area contributed by atoms with Gasteiger partial charge in [0.05, 0.1) is 11.8 Å². The monoisotopic (exact) mass is 421 g/mol. The molecule has 132 valence electrons. The maximum Gasteiger partial charge on any atom is 0.257 e. The third-order valence-electron chi connectivity index (χ3n) is 3.33. The summed E-state index contributed by atoms with van der Waals surface area (Å²) in [6, 6.07) is 15.4. The largest absolute Gasteiger partial charge is 0.376 e. The van der Waals surface area contributed by atoms with E-state index in [1.165, 1.54) is 11.8 Å². The second-order valence-corrected chi connectivity index (χ2v) is 7.80. The van der Waals surface area contributed by atoms with Crippen LogP contribution in [0.3, 0.4) is 0 Å². The molecule has 0 bridgehead atoms. The first kappa shape index (κ1) is 19.3. The first-order valence-corrected chi connectivity index (χ1v) is 9.43. The van der Waals surface area contributed by atoms with Gasteiger partial charge in [-0.15, -0.1) is 11.8 Å². The fraction of sp³-hybridized carbons (Fsp3) is 0.222. The Morgan fingerprint density at radius 1 is 1.04 bits per heavy atom. The zero-order valence-electron chi connectivity index (χ0n) is 14.0. The van der Waals surface area contributed by atoms with Gasteiger partial charge < -0.3 is 5.32 Å². The molecule has 2 aromatic rings. The van der Waals surface area contributed by atoms with Crippen LogP contribution < -0.4 is 16.2 Å². The van der Waals surface area contributed by atoms with E-state index in [-0.39, 0.29) is 23.6 Å². The zero-order valence-corrected chi connectivity index (χ0v) is 16.4. The molecule has 2 aromatic carbocycles. The SMILES string of the molecule is Cc1ccc(NCC(=O)NNC(=O)C(C)Sc2ccc(Br)cc2)cc1. The van der Waals surface area contributed by atoms with Gasteiger partial charge in [-0.2, -0.15) is 0 Å². The normalized spacial score (nSPS) is 11.5. The Hall–Kier alpha value is -1.99. The summed E-state index contributed by atoms with van der Waals surface area (Å²) < 4.78 is 0.988. The topological polar surface area (TPSA) is 70.2 Å². The number of nitrogens with one attached hydrogen (secondary N) is 3. The standard InChI is InChI=1S/C18H20BrN3O2S/c1-12-3-7-15(8-4-12)20-11-17(23)21-22-18(24)13(2)25-16-9-5-14(19)6-10-16/h3-10,13,20H,11H2,1-2H3,(H,21,23)(H,22,24). The van der Waals surface area contributed by atoms with Crippen molar-refractivity contribution in [3.05, 3.63) is 58.6 Å². The first-order valence-electron chi connectivity index (χ1n) is 7.75. The number of aryl methyl sites for hydroxylation is 1. The van der Waals surface area contributed by atoms with E-state index < -0.39 is 0 Å². The predicted molar refractivity (Wildman–Crippen MR) is 105 cm³/mol. The number of anilines is 1. The second kappa shape index (κ2) is 9.48. The first-order chi connectivity index (χ1) is 11.9. The van der Waals surface area contributed by atoms with Gasteiger partial charge in [-0.05, 0) is 50.2 Å². The molecule has 1 atom stereocenters. The third-order valence-corrected chi connectivity index (χ3v) is 4.97. The average molecular weight is 422 g/mol. The van der Waals surface area contributed by atoms with Gasteiger partial charge in [0.15, 0.2) is 0 Å². The molecule has 0 fully saturated rings. The Bertz CT molecular complexity index is 720. The van der Waals surface area contributed by atoms with Gasteiger partial charge in [0.25, 0.3) is 11.8 Å². The molecule has 1 unspecified atom stereocenters. The molecule has 25 heavy (non-hydrogen) atoms. The second-order valence-electron chi connectivity index (χ2n) is 5.47. The summed E-state index contributed by atoms with van der Waals surface area (Å²) in [6.07, 6.45) is 0. The molecule has 0 aliphatic rings. The molecule has 0 aliphatic heterocycles. The van der Waals surface area contributed by atoms with Gasteiger partial charge in [0.1, 0.15) is 0 Å². The van der Waals surface area contributed by atoms with E-state index in [4.69, 9.17) is 0 Å². The van der Waals surface area contributed by atoms with Gasteiger partial charge >= 0.3 is 0 Å². The Labute approximate surface area is 160 Å². The van der Waals surface area contributed by atoms with Crippen LogP contribution in [0.4, 0.5) is 5.69 Å². The molecule has 0 spiro atoms. The van der Waals surface area contributed by atoms with E-state index in [9.17, 15) is 9.59 Å². The van der Waals surface area contributed by atoms with Crippen LogP contribution in [0.5, 0.6) is 0 Å². The van der Waals surface area contributed by atoms with E-state index in [1.807, 2.05) is 55.5 Å². The van der Waals surface area contributed by atoms with E-state index in [1.54, 1.807) is 6.92 Å². The molecule has 0 heterocycles. The highest BCUT2D eigenvalue weighted by molar-refractivity contribution is 9.10. The Morgan fingerprint density at radius 3 is 2.32 bits per heavy atom. The van der Waals surface area contributed by atoms with Gasteiger partial charge in [-0.3, -0.25) is 20.4 Å². The van der Waals surface area contributed by atoms with Gasteiger partial charge in [0.2, 0.25) is 0 Å². The van der Waals surface area contributed by atoms with Gasteiger partial charge in [-0.1, -0.05) is 33.6 Å². The smallest absolute Gasteiger partial charge is 0.257 e. The van der Waals surface area contributed by atoms with Gasteiger partial charge in [0, 0.05) is 15.1 Å². The number of hydrazine groups is 1. The van der Waals surface area contributed by atoms with Crippen molar-refractivity contribution >= 4 is 45.2 Å². The number of hydrogen-bond donors (Lipinski definition) is 3. The van der Waals surface area contributed by atoms with E-state index in [0.29, 0.717) is 0 Å². The van der Waals surface area contributed by atoms with Crippen molar-refractivity contribution in [1.29, 1.82) is 0 Å². The summed E-state index contributed by atoms with van der Waals surface area (Å²) in [5, 5.41) is 2.67. The Balaban J connectivity index is 1.71. The quantitative estimate of drug-likeness (QED) is 0.493. The fourth-order valence-corrected chi connectivity index (χ4v) is 3.03. The summed E-state index contributed by atoms with van der Waals surface area (Å²) in [7, 11) is 0. The molecule has 0 aromatic heterocycles. The van der Waals surface area contributed by atoms with Gasteiger partial charge in [-0.25, -0.2) is 0 Å². The maximum atomic E-state index is 12.1. The molecular weight excluding hydrogens is 402 g/mol. The van der Waals surface area contributed by atoms with Crippen LogP contribution in [-0.4, -0.2) is 23.6 Å². The van der Waals surface area contributed by atoms with Crippen molar-refractivity contribution in [2.45, 2.75) is 24.0 Å². The van der Waals surface area contributed by atoms with Crippen molar-refractivity contribution in [2.75, 3.05) is 11.9 Å². The van der Waals surface area contributed by atoms with Crippen LogP contribution in [-0.2, 0) is 9.59 Å². The zero-order chi connectivity index (χ0) is 18.2. The highest BCUT2D eigenvalue weighted by Crippen LogP contribution is 2.24. The highest BCUT2D eigenvalue weighted by atomic mass is 79.9. The predicted octanol–water partition coefficient (Wildman–Crippen LogP) is 3.50. The van der Waals surface area contributed by atoms with Crippen molar-refractivity contribution in [3.63, 3.8) is 0 Å². The number of hydrogen-bond acceptors (Lipinski definition) is 4. The number of amides is 2. The molecule has 0 aliphatic carbocycles. The van der Waals surface area contributed by atoms with Crippen LogP contribution in [0.2, 0.25) is 0 Å². The van der Waals surface area contributed by atoms with Crippen LogP contribution >= 0.6 is 27.7 Å². The minimum absolute atomic E-state index is 0.0809. The summed E-state index contributed by atoms with van der Waals surface area (Å²) in [5.74, 6) is -0.564. The molecule has 2 amide bonds. The van der Waals surface area contributed by atoms with E-state index in [2.05, 4.69) is 32.1 Å². The number of halogens is 1. The van der Waals surface area contributed by atoms with Crippen LogP contribution in [0.15, 0.2) is 57.9 Å². The van der Waals surface area contributed by atoms with Crippen LogP contribution in [0, 0.1) is 6.92 Å². The lowest BCUT2D eigenvalue weighted by Crippen LogP contribution is -2.46. The highest BCUT2D eigenvalue weighted by Gasteiger charge is 2.15. The molecule has 2 rings (SSSR count). The number of benzene rings is 2. The average Bonchev–Trinajstić information content (AvgIpc) is 2.61. The Kier molecular flexibility index (Phi) is 7.33. The minimum atomic E-state index is -0.327. The summed E-state index contributed by atoms with van der Waals surface area (Å²) in [6.45, 7) is 3.87. The molecule has 0 saturated heterocycles. The molecule has 5 nitrogen and oxygen atoms in total. The van der Waals surface area contributed by atoms with E-state index in [0.717, 1.165) is 20.6 Å². The number of carbonyl (C=O) groups is 2. The summed E-state index contributed by atoms with van der Waals surface area (Å²) >= 11 is 4.80. The van der Waals surface area contributed by atoms with E-state index >= 15 is 0 Å². The Morgan fingerprint density at radius 2 is 1.68 bits per heavy atom. The van der Waals surface area contributed by atoms with Crippen molar-refractivity contribution < 1.29 is 9.59 Å². The molecular formula is C18H20BrN3O2S. The molecule has 0 saturated carbocycles. The van der Waals surface area contributed by atoms with Crippen molar-refractivity contribution in [1.82, 2.24) is 10.9 Å². The van der Waals surface area contributed by atoms with Crippen molar-refractivity contribution in [3.8, 4) is 0 Å². The molecule has 3 N–H and O–H groups in total. The lowest BCUT2D eigenvalue weighted by atomic mass is 10.2. The number of rotatable bonds is 6. The summed E-state index contributed by atoms with van der Waals surface area (Å²) in [4.78, 5) is 24.8. The minimum Gasteiger partial charge on any atom is -0.376 e. The lowest BCUT2D eigenvalue weighted by molar-refractivity contribution is -0.127. The van der Waals surface area contributed by atoms with Crippen LogP contribution in [0.25, 0.3) is 0 Å². The molecule has 0 radical (unpaired) electrons.